The molecule has 0 spiro atoms. The zero-order chi connectivity index (χ0) is 20.1. The van der Waals surface area contributed by atoms with Gasteiger partial charge >= 0.3 is 5.69 Å². The summed E-state index contributed by atoms with van der Waals surface area (Å²) >= 11 is 0. The highest BCUT2D eigenvalue weighted by atomic mass is 16.3. The summed E-state index contributed by atoms with van der Waals surface area (Å²) in [7, 11) is 1.64. The largest absolute Gasteiger partial charge is 0.467 e. The molecular formula is C21H19N5O3. The van der Waals surface area contributed by atoms with Crippen LogP contribution in [0.5, 0.6) is 0 Å². The van der Waals surface area contributed by atoms with Crippen LogP contribution in [-0.2, 0) is 20.1 Å². The average Bonchev–Trinajstić information content (AvgIpc) is 3.42. The van der Waals surface area contributed by atoms with Gasteiger partial charge in [0, 0.05) is 18.9 Å². The summed E-state index contributed by atoms with van der Waals surface area (Å²) in [4.78, 5) is 30.8. The molecule has 0 N–H and O–H groups in total. The highest BCUT2D eigenvalue weighted by Gasteiger charge is 2.20. The van der Waals surface area contributed by atoms with E-state index in [0.717, 1.165) is 17.0 Å². The van der Waals surface area contributed by atoms with Crippen LogP contribution in [0.2, 0.25) is 0 Å². The van der Waals surface area contributed by atoms with Gasteiger partial charge in [-0.1, -0.05) is 30.3 Å². The minimum atomic E-state index is -0.388. The Morgan fingerprint density at radius 2 is 1.79 bits per heavy atom. The van der Waals surface area contributed by atoms with Gasteiger partial charge < -0.3 is 8.98 Å². The number of benzene rings is 1. The molecule has 0 amide bonds. The molecule has 0 aliphatic rings. The number of fused-ring (bicyclic) bond motifs is 3. The van der Waals surface area contributed by atoms with Crippen LogP contribution in [0.25, 0.3) is 16.9 Å². The Kier molecular flexibility index (Phi) is 3.80. The minimum absolute atomic E-state index is 0.210. The van der Waals surface area contributed by atoms with Crippen LogP contribution in [0, 0.1) is 6.92 Å². The molecule has 0 atom stereocenters. The van der Waals surface area contributed by atoms with Gasteiger partial charge in [-0.2, -0.15) is 4.98 Å². The van der Waals surface area contributed by atoms with E-state index in [1.807, 2.05) is 60.2 Å². The molecule has 0 radical (unpaired) electrons. The third kappa shape index (κ3) is 2.64. The lowest BCUT2D eigenvalue weighted by Gasteiger charge is -2.08. The van der Waals surface area contributed by atoms with Crippen LogP contribution in [-0.4, -0.2) is 23.1 Å². The molecule has 4 aromatic heterocycles. The monoisotopic (exact) mass is 389 g/mol. The lowest BCUT2D eigenvalue weighted by atomic mass is 10.2. The van der Waals surface area contributed by atoms with Crippen molar-refractivity contribution in [3.63, 3.8) is 0 Å². The molecule has 0 saturated heterocycles. The predicted molar refractivity (Wildman–Crippen MR) is 108 cm³/mol. The SMILES string of the molecule is Cc1cn2c3c(=O)n(Cc4ccccc4)c(=O)n(C)c3nc2n1Cc1ccco1. The third-order valence-corrected chi connectivity index (χ3v) is 5.22. The molecule has 8 nitrogen and oxygen atoms in total. The summed E-state index contributed by atoms with van der Waals surface area (Å²) in [6.07, 6.45) is 3.49. The summed E-state index contributed by atoms with van der Waals surface area (Å²) in [6.45, 7) is 2.65. The summed E-state index contributed by atoms with van der Waals surface area (Å²) < 4.78 is 11.9. The smallest absolute Gasteiger partial charge is 0.332 e. The normalized spacial score (nSPS) is 11.7. The van der Waals surface area contributed by atoms with Gasteiger partial charge in [-0.15, -0.1) is 0 Å². The minimum Gasteiger partial charge on any atom is -0.467 e. The van der Waals surface area contributed by atoms with Crippen LogP contribution < -0.4 is 11.2 Å². The Labute approximate surface area is 164 Å². The summed E-state index contributed by atoms with van der Waals surface area (Å²) in [6, 6.07) is 13.2. The maximum atomic E-state index is 13.3. The van der Waals surface area contributed by atoms with E-state index >= 15 is 0 Å². The van der Waals surface area contributed by atoms with Crippen molar-refractivity contribution in [2.75, 3.05) is 0 Å². The fraction of sp³-hybridized carbons (Fsp3) is 0.190. The number of nitrogens with zero attached hydrogens (tertiary/aromatic N) is 5. The van der Waals surface area contributed by atoms with Crippen molar-refractivity contribution in [3.8, 4) is 0 Å². The van der Waals surface area contributed by atoms with Crippen LogP contribution in [0.4, 0.5) is 0 Å². The first-order valence-electron chi connectivity index (χ1n) is 9.28. The molecule has 5 aromatic rings. The zero-order valence-corrected chi connectivity index (χ0v) is 16.1. The Morgan fingerprint density at radius 1 is 1.00 bits per heavy atom. The Morgan fingerprint density at radius 3 is 2.52 bits per heavy atom. The predicted octanol–water partition coefficient (Wildman–Crippen LogP) is 2.15. The third-order valence-electron chi connectivity index (χ3n) is 5.22. The average molecular weight is 389 g/mol. The molecule has 4 heterocycles. The number of rotatable bonds is 4. The van der Waals surface area contributed by atoms with Gasteiger partial charge in [-0.3, -0.25) is 18.3 Å². The van der Waals surface area contributed by atoms with Crippen molar-refractivity contribution in [1.29, 1.82) is 0 Å². The standard InChI is InChI=1S/C21H19N5O3/c1-14-11-25-17-18(22-20(25)24(14)13-16-9-6-10-29-16)23(2)21(28)26(19(17)27)12-15-7-4-3-5-8-15/h3-11H,12-13H2,1-2H3. The van der Waals surface area contributed by atoms with Gasteiger partial charge in [0.05, 0.1) is 19.4 Å². The Hall–Kier alpha value is -3.81. The number of imidazole rings is 2. The molecule has 0 bridgehead atoms. The van der Waals surface area contributed by atoms with Crippen LogP contribution >= 0.6 is 0 Å². The van der Waals surface area contributed by atoms with Gasteiger partial charge in [0.15, 0.2) is 11.2 Å². The van der Waals surface area contributed by atoms with Crippen molar-refractivity contribution >= 4 is 16.9 Å². The molecule has 0 fully saturated rings. The van der Waals surface area contributed by atoms with E-state index in [0.29, 0.717) is 23.5 Å². The first-order chi connectivity index (χ1) is 14.0. The number of furan rings is 1. The van der Waals surface area contributed by atoms with Crippen LogP contribution in [0.15, 0.2) is 68.9 Å². The Balaban J connectivity index is 1.75. The molecule has 0 aliphatic carbocycles. The van der Waals surface area contributed by atoms with Gasteiger partial charge in [0.25, 0.3) is 5.56 Å². The van der Waals surface area contributed by atoms with Crippen molar-refractivity contribution < 1.29 is 4.42 Å². The molecule has 146 valence electrons. The lowest BCUT2D eigenvalue weighted by Crippen LogP contribution is -2.39. The van der Waals surface area contributed by atoms with Gasteiger partial charge in [-0.05, 0) is 24.6 Å². The second kappa shape index (κ2) is 6.37. The van der Waals surface area contributed by atoms with Crippen molar-refractivity contribution in [1.82, 2.24) is 23.1 Å². The van der Waals surface area contributed by atoms with E-state index in [2.05, 4.69) is 4.98 Å². The van der Waals surface area contributed by atoms with E-state index in [1.54, 1.807) is 17.7 Å². The first-order valence-corrected chi connectivity index (χ1v) is 9.28. The number of aryl methyl sites for hydroxylation is 2. The van der Waals surface area contributed by atoms with E-state index in [4.69, 9.17) is 4.42 Å². The molecular weight excluding hydrogens is 370 g/mol. The number of hydrogen-bond donors (Lipinski definition) is 0. The first kappa shape index (κ1) is 17.3. The molecule has 29 heavy (non-hydrogen) atoms. The van der Waals surface area contributed by atoms with Crippen molar-refractivity contribution in [2.45, 2.75) is 20.0 Å². The fourth-order valence-electron chi connectivity index (χ4n) is 3.71. The molecule has 1 aromatic carbocycles. The zero-order valence-electron chi connectivity index (χ0n) is 16.1. The number of hydrogen-bond acceptors (Lipinski definition) is 4. The van der Waals surface area contributed by atoms with E-state index in [9.17, 15) is 9.59 Å². The maximum absolute atomic E-state index is 13.3. The quantitative estimate of drug-likeness (QED) is 0.472. The van der Waals surface area contributed by atoms with Crippen LogP contribution in [0.3, 0.4) is 0 Å². The number of aromatic nitrogens is 5. The van der Waals surface area contributed by atoms with Gasteiger partial charge in [-0.25, -0.2) is 4.79 Å². The summed E-state index contributed by atoms with van der Waals surface area (Å²) in [5.74, 6) is 1.38. The van der Waals surface area contributed by atoms with Crippen molar-refractivity contribution in [2.24, 2.45) is 7.05 Å². The van der Waals surface area contributed by atoms with E-state index < -0.39 is 0 Å². The van der Waals surface area contributed by atoms with Gasteiger partial charge in [0.1, 0.15) is 5.76 Å². The second-order valence-electron chi connectivity index (χ2n) is 7.11. The molecule has 5 rings (SSSR count). The van der Waals surface area contributed by atoms with E-state index in [1.165, 1.54) is 9.13 Å². The van der Waals surface area contributed by atoms with Gasteiger partial charge in [0.2, 0.25) is 5.78 Å². The molecule has 0 unspecified atom stereocenters. The van der Waals surface area contributed by atoms with Crippen molar-refractivity contribution in [3.05, 3.63) is 92.8 Å². The second-order valence-corrected chi connectivity index (χ2v) is 7.11. The molecule has 0 saturated carbocycles. The maximum Gasteiger partial charge on any atom is 0.332 e. The fourth-order valence-corrected chi connectivity index (χ4v) is 3.71. The van der Waals surface area contributed by atoms with Crippen LogP contribution in [0.1, 0.15) is 17.0 Å². The topological polar surface area (TPSA) is 79.4 Å². The summed E-state index contributed by atoms with van der Waals surface area (Å²) in [5, 5.41) is 0. The summed E-state index contributed by atoms with van der Waals surface area (Å²) in [5.41, 5.74) is 1.84. The lowest BCUT2D eigenvalue weighted by molar-refractivity contribution is 0.494. The Bertz CT molecular complexity index is 1450. The van der Waals surface area contributed by atoms with E-state index in [-0.39, 0.29) is 17.8 Å². The highest BCUT2D eigenvalue weighted by molar-refractivity contribution is 5.75. The molecule has 8 heteroatoms. The highest BCUT2D eigenvalue weighted by Crippen LogP contribution is 2.18. The molecule has 0 aliphatic heterocycles.